The van der Waals surface area contributed by atoms with Gasteiger partial charge in [-0.15, -0.1) is 0 Å². The van der Waals surface area contributed by atoms with Crippen LogP contribution in [-0.4, -0.2) is 37.8 Å². The van der Waals surface area contributed by atoms with Gasteiger partial charge in [-0.3, -0.25) is 0 Å². The fourth-order valence-corrected chi connectivity index (χ4v) is 1.02. The van der Waals surface area contributed by atoms with Crippen LogP contribution in [-0.2, 0) is 9.47 Å². The normalized spacial score (nSPS) is 23.6. The minimum Gasteiger partial charge on any atom is -0.375 e. The Balaban J connectivity index is 3.01. The number of hydrogen-bond acceptors (Lipinski definition) is 2. The van der Waals surface area contributed by atoms with E-state index in [-0.39, 0.29) is 6.61 Å². The van der Waals surface area contributed by atoms with E-state index in [2.05, 4.69) is 9.47 Å². The van der Waals surface area contributed by atoms with Crippen LogP contribution in [0.1, 0.15) is 0 Å². The van der Waals surface area contributed by atoms with Crippen molar-refractivity contribution < 1.29 is 35.8 Å². The Hall–Kier alpha value is -0.500. The van der Waals surface area contributed by atoms with Crippen LogP contribution >= 0.6 is 0 Å². The average Bonchev–Trinajstić information content (AvgIpc) is 2.02. The van der Waals surface area contributed by atoms with Crippen LogP contribution < -0.4 is 0 Å². The first-order valence-electron chi connectivity index (χ1n) is 3.56. The number of alkyl halides is 6. The van der Waals surface area contributed by atoms with Gasteiger partial charge in [0.1, 0.15) is 0 Å². The average molecular weight is 224 g/mol. The Bertz CT molecular complexity index is 185. The highest BCUT2D eigenvalue weighted by molar-refractivity contribution is 4.97. The van der Waals surface area contributed by atoms with Crippen molar-refractivity contribution in [3.63, 3.8) is 0 Å². The summed E-state index contributed by atoms with van der Waals surface area (Å²) in [4.78, 5) is 0. The second kappa shape index (κ2) is 3.27. The summed E-state index contributed by atoms with van der Waals surface area (Å²) in [5, 5.41) is 0. The third-order valence-electron chi connectivity index (χ3n) is 1.80. The molecule has 0 atom stereocenters. The summed E-state index contributed by atoms with van der Waals surface area (Å²) < 4.78 is 81.0. The standard InChI is InChI=1S/C6H6F6O2/c7-5(8,9)4(6(10,11)12)3-13-1-2-14-4/h1-3H2. The molecule has 0 unspecified atom stereocenters. The number of rotatable bonds is 0. The lowest BCUT2D eigenvalue weighted by molar-refractivity contribution is -0.404. The fraction of sp³-hybridized carbons (Fsp3) is 1.00. The molecule has 1 saturated heterocycles. The molecule has 0 aromatic carbocycles. The maximum absolute atomic E-state index is 12.2. The SMILES string of the molecule is FC(F)(F)C1(C(F)(F)F)COCCO1. The third kappa shape index (κ3) is 1.68. The van der Waals surface area contributed by atoms with Gasteiger partial charge in [-0.25, -0.2) is 0 Å². The molecule has 84 valence electrons. The Kier molecular flexibility index (Phi) is 2.70. The summed E-state index contributed by atoms with van der Waals surface area (Å²) >= 11 is 0. The molecule has 0 saturated carbocycles. The number of halogens is 6. The van der Waals surface area contributed by atoms with Crippen LogP contribution in [0.25, 0.3) is 0 Å². The van der Waals surface area contributed by atoms with Gasteiger partial charge in [-0.2, -0.15) is 26.3 Å². The molecule has 0 bridgehead atoms. The van der Waals surface area contributed by atoms with Crippen molar-refractivity contribution in [2.24, 2.45) is 0 Å². The second-order valence-electron chi connectivity index (χ2n) is 2.72. The van der Waals surface area contributed by atoms with Gasteiger partial charge in [0, 0.05) is 0 Å². The highest BCUT2D eigenvalue weighted by atomic mass is 19.4. The lowest BCUT2D eigenvalue weighted by atomic mass is 10.0. The molecule has 0 N–H and O–H groups in total. The lowest BCUT2D eigenvalue weighted by Crippen LogP contribution is -2.63. The Morgan fingerprint density at radius 1 is 0.857 bits per heavy atom. The Morgan fingerprint density at radius 2 is 1.36 bits per heavy atom. The van der Waals surface area contributed by atoms with Crippen LogP contribution in [0.2, 0.25) is 0 Å². The van der Waals surface area contributed by atoms with Crippen molar-refractivity contribution >= 4 is 0 Å². The highest BCUT2D eigenvalue weighted by Gasteiger charge is 2.73. The molecule has 0 aliphatic carbocycles. The molecule has 0 aromatic rings. The first-order chi connectivity index (χ1) is 6.21. The van der Waals surface area contributed by atoms with Gasteiger partial charge in [0.05, 0.1) is 19.8 Å². The monoisotopic (exact) mass is 224 g/mol. The second-order valence-corrected chi connectivity index (χ2v) is 2.72. The minimum atomic E-state index is -5.52. The molecule has 1 fully saturated rings. The van der Waals surface area contributed by atoms with Gasteiger partial charge in [0.2, 0.25) is 0 Å². The molecule has 1 aliphatic rings. The van der Waals surface area contributed by atoms with Crippen molar-refractivity contribution in [2.45, 2.75) is 18.0 Å². The van der Waals surface area contributed by atoms with Crippen molar-refractivity contribution in [1.82, 2.24) is 0 Å². The first kappa shape index (κ1) is 11.6. The summed E-state index contributed by atoms with van der Waals surface area (Å²) in [6, 6.07) is 0. The summed E-state index contributed by atoms with van der Waals surface area (Å²) in [6.07, 6.45) is -11.0. The van der Waals surface area contributed by atoms with Gasteiger partial charge < -0.3 is 9.47 Å². The topological polar surface area (TPSA) is 18.5 Å². The van der Waals surface area contributed by atoms with Crippen LogP contribution in [0.4, 0.5) is 26.3 Å². The molecule has 0 amide bonds. The van der Waals surface area contributed by atoms with Crippen LogP contribution in [0.5, 0.6) is 0 Å². The fourth-order valence-electron chi connectivity index (χ4n) is 1.02. The Morgan fingerprint density at radius 3 is 1.57 bits per heavy atom. The molecule has 0 aromatic heterocycles. The van der Waals surface area contributed by atoms with Gasteiger partial charge >= 0.3 is 12.4 Å². The molecule has 0 spiro atoms. The lowest BCUT2D eigenvalue weighted by Gasteiger charge is -2.39. The maximum Gasteiger partial charge on any atom is 0.428 e. The molecule has 1 aliphatic heterocycles. The van der Waals surface area contributed by atoms with Crippen molar-refractivity contribution in [1.29, 1.82) is 0 Å². The van der Waals surface area contributed by atoms with Crippen molar-refractivity contribution in [2.75, 3.05) is 19.8 Å². The van der Waals surface area contributed by atoms with E-state index in [0.717, 1.165) is 0 Å². The molecular formula is C6H6F6O2. The predicted octanol–water partition coefficient (Wildman–Crippen LogP) is 1.90. The highest BCUT2D eigenvalue weighted by Crippen LogP contribution is 2.46. The first-order valence-corrected chi connectivity index (χ1v) is 3.56. The zero-order chi connectivity index (χ0) is 11.0. The van der Waals surface area contributed by atoms with Gasteiger partial charge in [0.15, 0.2) is 0 Å². The quantitative estimate of drug-likeness (QED) is 0.585. The van der Waals surface area contributed by atoms with E-state index in [1.807, 2.05) is 0 Å². The van der Waals surface area contributed by atoms with Gasteiger partial charge in [0.25, 0.3) is 5.60 Å². The molecule has 8 heteroatoms. The van der Waals surface area contributed by atoms with E-state index in [0.29, 0.717) is 0 Å². The van der Waals surface area contributed by atoms with Crippen molar-refractivity contribution in [3.05, 3.63) is 0 Å². The van der Waals surface area contributed by atoms with E-state index in [1.165, 1.54) is 0 Å². The van der Waals surface area contributed by atoms with Crippen LogP contribution in [0.15, 0.2) is 0 Å². The maximum atomic E-state index is 12.2. The summed E-state index contributed by atoms with van der Waals surface area (Å²) in [6.45, 7) is -2.53. The molecule has 1 rings (SSSR count). The zero-order valence-corrected chi connectivity index (χ0v) is 6.71. The van der Waals surface area contributed by atoms with Gasteiger partial charge in [-0.05, 0) is 0 Å². The molecular weight excluding hydrogens is 218 g/mol. The predicted molar refractivity (Wildman–Crippen MR) is 31.6 cm³/mol. The molecule has 14 heavy (non-hydrogen) atoms. The largest absolute Gasteiger partial charge is 0.428 e. The molecule has 2 nitrogen and oxygen atoms in total. The molecule has 1 heterocycles. The zero-order valence-electron chi connectivity index (χ0n) is 6.71. The Labute approximate surface area is 74.8 Å². The van der Waals surface area contributed by atoms with E-state index in [9.17, 15) is 26.3 Å². The van der Waals surface area contributed by atoms with Crippen LogP contribution in [0, 0.1) is 0 Å². The van der Waals surface area contributed by atoms with Crippen molar-refractivity contribution in [3.8, 4) is 0 Å². The summed E-state index contributed by atoms with van der Waals surface area (Å²) in [5.41, 5.74) is -4.17. The minimum absolute atomic E-state index is 0.270. The third-order valence-corrected chi connectivity index (χ3v) is 1.80. The van der Waals surface area contributed by atoms with E-state index >= 15 is 0 Å². The number of hydrogen-bond donors (Lipinski definition) is 0. The van der Waals surface area contributed by atoms with Crippen LogP contribution in [0.3, 0.4) is 0 Å². The van der Waals surface area contributed by atoms with E-state index in [4.69, 9.17) is 0 Å². The molecule has 0 radical (unpaired) electrons. The van der Waals surface area contributed by atoms with E-state index in [1.54, 1.807) is 0 Å². The summed E-state index contributed by atoms with van der Waals surface area (Å²) in [7, 11) is 0. The number of ether oxygens (including phenoxy) is 2. The smallest absolute Gasteiger partial charge is 0.375 e. The van der Waals surface area contributed by atoms with Gasteiger partial charge in [-0.1, -0.05) is 0 Å². The van der Waals surface area contributed by atoms with E-state index < -0.39 is 31.2 Å². The summed E-state index contributed by atoms with van der Waals surface area (Å²) in [5.74, 6) is 0.